The summed E-state index contributed by atoms with van der Waals surface area (Å²) in [5.41, 5.74) is 2.29. The summed E-state index contributed by atoms with van der Waals surface area (Å²) in [6.45, 7) is 5.64. The van der Waals surface area contributed by atoms with Crippen molar-refractivity contribution in [2.75, 3.05) is 41.8 Å². The maximum Gasteiger partial charge on any atom is 0.340 e. The number of esters is 1. The van der Waals surface area contributed by atoms with Crippen LogP contribution in [-0.4, -0.2) is 43.3 Å². The molecule has 3 aromatic carbocycles. The van der Waals surface area contributed by atoms with Crippen LogP contribution in [0.2, 0.25) is 0 Å². The van der Waals surface area contributed by atoms with E-state index in [1.165, 1.54) is 6.92 Å². The molecule has 1 unspecified atom stereocenters. The van der Waals surface area contributed by atoms with Crippen LogP contribution in [0, 0.1) is 10.7 Å². The average Bonchev–Trinajstić information content (AvgIpc) is 2.84. The number of fused-ring (bicyclic) bond motifs is 1. The smallest absolute Gasteiger partial charge is 0.340 e. The lowest BCUT2D eigenvalue weighted by molar-refractivity contribution is -0.116. The van der Waals surface area contributed by atoms with E-state index in [9.17, 15) is 13.8 Å². The summed E-state index contributed by atoms with van der Waals surface area (Å²) in [7, 11) is 3.92. The Balaban J connectivity index is 2.09. The van der Waals surface area contributed by atoms with Gasteiger partial charge in [0, 0.05) is 44.0 Å². The summed E-state index contributed by atoms with van der Waals surface area (Å²) in [5.74, 6) is -0.244. The van der Waals surface area contributed by atoms with E-state index in [4.69, 9.17) is 8.92 Å². The molecule has 0 saturated carbocycles. The zero-order chi connectivity index (χ0) is 27.4. The van der Waals surface area contributed by atoms with Gasteiger partial charge in [-0.15, -0.1) is 0 Å². The van der Waals surface area contributed by atoms with Gasteiger partial charge in [-0.3, -0.25) is 9.52 Å². The summed E-state index contributed by atoms with van der Waals surface area (Å²) in [5, 5.41) is 1.78. The van der Waals surface area contributed by atoms with Crippen molar-refractivity contribution in [3.8, 4) is 5.75 Å². The number of halogens is 3. The molecule has 0 spiro atoms. The second-order valence-corrected chi connectivity index (χ2v) is 12.0. The van der Waals surface area contributed by atoms with Crippen molar-refractivity contribution in [1.29, 1.82) is 0 Å². The van der Waals surface area contributed by atoms with Crippen LogP contribution in [0.1, 0.15) is 31.1 Å². The first kappa shape index (κ1) is 30.1. The molecule has 1 N–H and O–H groups in total. The monoisotopic (exact) mass is 861 g/mol. The Morgan fingerprint density at radius 1 is 0.973 bits per heavy atom. The van der Waals surface area contributed by atoms with Crippen molar-refractivity contribution in [1.82, 2.24) is 0 Å². The molecule has 1 atom stereocenters. The van der Waals surface area contributed by atoms with Gasteiger partial charge in [-0.2, -0.15) is 4.21 Å². The first-order valence-electron chi connectivity index (χ1n) is 11.2. The lowest BCUT2D eigenvalue weighted by atomic mass is 10.1. The third kappa shape index (κ3) is 6.43. The van der Waals surface area contributed by atoms with Gasteiger partial charge >= 0.3 is 17.2 Å². The van der Waals surface area contributed by atoms with Gasteiger partial charge in [-0.25, -0.2) is 4.79 Å². The van der Waals surface area contributed by atoms with Crippen molar-refractivity contribution in [2.24, 2.45) is 0 Å². The third-order valence-electron chi connectivity index (χ3n) is 5.43. The summed E-state index contributed by atoms with van der Waals surface area (Å²) in [6.07, 6.45) is 0. The minimum absolute atomic E-state index is 0.176. The Morgan fingerprint density at radius 2 is 1.62 bits per heavy atom. The lowest BCUT2D eigenvalue weighted by Crippen LogP contribution is -2.31. The number of hydrogen-bond donors (Lipinski definition) is 1. The molecule has 8 nitrogen and oxygen atoms in total. The number of amides is 1. The van der Waals surface area contributed by atoms with Crippen LogP contribution in [0.25, 0.3) is 10.8 Å². The highest BCUT2D eigenvalue weighted by Crippen LogP contribution is 2.41. The number of ether oxygens (including phenoxy) is 1. The predicted molar refractivity (Wildman–Crippen MR) is 175 cm³/mol. The molecule has 0 fully saturated rings. The average molecular weight is 861 g/mol. The Bertz CT molecular complexity index is 1380. The molecule has 37 heavy (non-hydrogen) atoms. The highest BCUT2D eigenvalue weighted by Gasteiger charge is 2.30. The lowest BCUT2D eigenvalue weighted by Gasteiger charge is -2.26. The highest BCUT2D eigenvalue weighted by atomic mass is 127. The minimum atomic E-state index is -2.01. The minimum Gasteiger partial charge on any atom is -0.462 e. The van der Waals surface area contributed by atoms with E-state index in [0.29, 0.717) is 39.9 Å². The van der Waals surface area contributed by atoms with Crippen LogP contribution < -0.4 is 18.7 Å². The summed E-state index contributed by atoms with van der Waals surface area (Å²) in [4.78, 5) is 28.9. The molecule has 0 aliphatic rings. The highest BCUT2D eigenvalue weighted by molar-refractivity contribution is 14.1. The normalized spacial score (nSPS) is 11.7. The molecule has 0 bridgehead atoms. The molecule has 0 aromatic heterocycles. The molecule has 198 valence electrons. The maximum absolute atomic E-state index is 13.3. The van der Waals surface area contributed by atoms with Crippen molar-refractivity contribution in [3.05, 3.63) is 52.7 Å². The molecule has 3 rings (SSSR count). The van der Waals surface area contributed by atoms with Gasteiger partial charge in [-0.1, -0.05) is 24.3 Å². The van der Waals surface area contributed by atoms with Crippen LogP contribution in [0.5, 0.6) is 5.75 Å². The Morgan fingerprint density at radius 3 is 2.22 bits per heavy atom. The molecule has 0 aliphatic carbocycles. The van der Waals surface area contributed by atoms with Crippen molar-refractivity contribution in [3.63, 3.8) is 0 Å². The van der Waals surface area contributed by atoms with E-state index in [2.05, 4.69) is 49.9 Å². The number of benzene rings is 3. The number of nitrogens with zero attached hydrogens (tertiary/aromatic N) is 2. The standard InChI is InChI=1S/C25H26I3N3O5S/c1-6-31(14(3)32)24-21(27)19(25(33)35-7-2)20(26)23(22(24)28)29-37(34)36-18-13-9-10-15-16(18)11-8-12-17(15)30(4)5/h8-13,29H,6-7H2,1-5H3. The Hall–Kier alpha value is -1.40. The first-order chi connectivity index (χ1) is 17.5. The van der Waals surface area contributed by atoms with Crippen molar-refractivity contribution < 1.29 is 22.7 Å². The topological polar surface area (TPSA) is 88.2 Å². The molecular formula is C25H26I3N3O5S. The Kier molecular flexibility index (Phi) is 10.7. The number of carbonyl (C=O) groups excluding carboxylic acids is 2. The summed E-state index contributed by atoms with van der Waals surface area (Å²) in [6, 6.07) is 11.4. The fourth-order valence-corrected chi connectivity index (χ4v) is 9.36. The van der Waals surface area contributed by atoms with Crippen LogP contribution in [0.3, 0.4) is 0 Å². The SMILES string of the molecule is CCOC(=O)c1c(I)c(NS(=O)Oc2cccc3c(N(C)C)cccc23)c(I)c(N(CC)C(C)=O)c1I. The molecule has 0 heterocycles. The number of anilines is 3. The molecule has 1 amide bonds. The van der Waals surface area contributed by atoms with Gasteiger partial charge in [0.1, 0.15) is 5.75 Å². The number of hydrogen-bond acceptors (Lipinski definition) is 6. The van der Waals surface area contributed by atoms with Crippen LogP contribution in [-0.2, 0) is 20.8 Å². The summed E-state index contributed by atoms with van der Waals surface area (Å²) >= 11 is 4.19. The molecule has 0 radical (unpaired) electrons. The zero-order valence-electron chi connectivity index (χ0n) is 20.9. The van der Waals surface area contributed by atoms with E-state index >= 15 is 0 Å². The van der Waals surface area contributed by atoms with Crippen LogP contribution >= 0.6 is 67.8 Å². The van der Waals surface area contributed by atoms with Crippen molar-refractivity contribution in [2.45, 2.75) is 20.8 Å². The maximum atomic E-state index is 13.3. The zero-order valence-corrected chi connectivity index (χ0v) is 28.1. The van der Waals surface area contributed by atoms with Crippen LogP contribution in [0.4, 0.5) is 17.1 Å². The van der Waals surface area contributed by atoms with Crippen LogP contribution in [0.15, 0.2) is 36.4 Å². The third-order valence-corrected chi connectivity index (χ3v) is 9.31. The second kappa shape index (κ2) is 13.1. The molecule has 12 heteroatoms. The van der Waals surface area contributed by atoms with Gasteiger partial charge < -0.3 is 18.7 Å². The molecular weight excluding hydrogens is 835 g/mol. The fraction of sp³-hybridized carbons (Fsp3) is 0.280. The largest absolute Gasteiger partial charge is 0.462 e. The molecule has 0 saturated heterocycles. The first-order valence-corrected chi connectivity index (χ1v) is 15.6. The second-order valence-electron chi connectivity index (χ2n) is 7.97. The van der Waals surface area contributed by atoms with E-state index < -0.39 is 17.2 Å². The van der Waals surface area contributed by atoms with E-state index in [1.54, 1.807) is 17.9 Å². The predicted octanol–water partition coefficient (Wildman–Crippen LogP) is 6.34. The quantitative estimate of drug-likeness (QED) is 0.200. The molecule has 0 aliphatic heterocycles. The van der Waals surface area contributed by atoms with Gasteiger partial charge in [0.15, 0.2) is 0 Å². The Labute approximate surface area is 260 Å². The number of nitrogens with one attached hydrogen (secondary N) is 1. The van der Waals surface area contributed by atoms with Gasteiger partial charge in [0.25, 0.3) is 0 Å². The fourth-order valence-electron chi connectivity index (χ4n) is 3.81. The van der Waals surface area contributed by atoms with E-state index in [0.717, 1.165) is 16.5 Å². The van der Waals surface area contributed by atoms with E-state index in [-0.39, 0.29) is 12.5 Å². The van der Waals surface area contributed by atoms with E-state index in [1.807, 2.05) is 78.8 Å². The number of rotatable bonds is 9. The van der Waals surface area contributed by atoms with Gasteiger partial charge in [-0.05, 0) is 93.8 Å². The van der Waals surface area contributed by atoms with Gasteiger partial charge in [0.2, 0.25) is 5.91 Å². The summed E-state index contributed by atoms with van der Waals surface area (Å²) < 4.78 is 29.1. The number of carbonyl (C=O) groups is 2. The van der Waals surface area contributed by atoms with Gasteiger partial charge in [0.05, 0.1) is 34.3 Å². The molecule has 3 aromatic rings. The van der Waals surface area contributed by atoms with Crippen molar-refractivity contribution >= 4 is 119 Å².